The number of aromatic nitrogens is 2. The monoisotopic (exact) mass is 459 g/mol. The molecule has 174 valence electrons. The molecule has 1 heterocycles. The standard InChI is InChI=1S/C26H25N3O5/c1-4-22(25(30)29-21-14-13-16(32-2)15-23(21)33-3)34-26(31)18-10-6-5-9-17(18)24-27-19-11-7-8-12-20(19)28-24/h5-15,22H,4H2,1-3H3,(H,27,28)(H,29,30). The van der Waals surface area contributed by atoms with Crippen molar-refractivity contribution in [3.05, 3.63) is 72.3 Å². The van der Waals surface area contributed by atoms with Crippen molar-refractivity contribution in [1.82, 2.24) is 9.97 Å². The third-order valence-corrected chi connectivity index (χ3v) is 5.37. The van der Waals surface area contributed by atoms with Crippen molar-refractivity contribution in [1.29, 1.82) is 0 Å². The Morgan fingerprint density at radius 1 is 1.00 bits per heavy atom. The molecule has 34 heavy (non-hydrogen) atoms. The molecule has 0 radical (unpaired) electrons. The Balaban J connectivity index is 1.54. The summed E-state index contributed by atoms with van der Waals surface area (Å²) in [5, 5.41) is 2.77. The van der Waals surface area contributed by atoms with E-state index in [0.717, 1.165) is 11.0 Å². The van der Waals surface area contributed by atoms with Gasteiger partial charge in [-0.05, 0) is 36.8 Å². The van der Waals surface area contributed by atoms with E-state index in [4.69, 9.17) is 14.2 Å². The molecule has 0 aliphatic rings. The molecule has 3 aromatic carbocycles. The van der Waals surface area contributed by atoms with E-state index in [1.165, 1.54) is 7.11 Å². The summed E-state index contributed by atoms with van der Waals surface area (Å²) in [5.74, 6) is 0.508. The maximum absolute atomic E-state index is 13.1. The highest BCUT2D eigenvalue weighted by Crippen LogP contribution is 2.30. The van der Waals surface area contributed by atoms with Crippen LogP contribution < -0.4 is 14.8 Å². The minimum Gasteiger partial charge on any atom is -0.497 e. The Bertz CT molecular complexity index is 1300. The van der Waals surface area contributed by atoms with Gasteiger partial charge < -0.3 is 24.5 Å². The Morgan fingerprint density at radius 3 is 2.50 bits per heavy atom. The first-order valence-electron chi connectivity index (χ1n) is 10.8. The molecule has 0 spiro atoms. The van der Waals surface area contributed by atoms with Crippen molar-refractivity contribution < 1.29 is 23.8 Å². The summed E-state index contributed by atoms with van der Waals surface area (Å²) < 4.78 is 16.1. The van der Waals surface area contributed by atoms with E-state index in [9.17, 15) is 9.59 Å². The predicted octanol–water partition coefficient (Wildman–Crippen LogP) is 4.82. The molecule has 1 amide bonds. The van der Waals surface area contributed by atoms with Gasteiger partial charge in [-0.2, -0.15) is 0 Å². The van der Waals surface area contributed by atoms with Crippen molar-refractivity contribution in [2.75, 3.05) is 19.5 Å². The molecule has 8 heteroatoms. The minimum atomic E-state index is -0.997. The number of benzene rings is 3. The van der Waals surface area contributed by atoms with Crippen LogP contribution in [0, 0.1) is 0 Å². The van der Waals surface area contributed by atoms with Crippen molar-refractivity contribution in [2.24, 2.45) is 0 Å². The summed E-state index contributed by atoms with van der Waals surface area (Å²) in [6.45, 7) is 1.77. The lowest BCUT2D eigenvalue weighted by molar-refractivity contribution is -0.124. The number of ether oxygens (including phenoxy) is 3. The first-order chi connectivity index (χ1) is 16.5. The van der Waals surface area contributed by atoms with Crippen LogP contribution in [0.1, 0.15) is 23.7 Å². The number of fused-ring (bicyclic) bond motifs is 1. The van der Waals surface area contributed by atoms with Crippen molar-refractivity contribution >= 4 is 28.6 Å². The molecule has 2 N–H and O–H groups in total. The summed E-state index contributed by atoms with van der Waals surface area (Å²) >= 11 is 0. The molecule has 4 aromatic rings. The molecule has 0 fully saturated rings. The summed E-state index contributed by atoms with van der Waals surface area (Å²) in [6.07, 6.45) is -0.703. The minimum absolute atomic E-state index is 0.294. The third-order valence-electron chi connectivity index (χ3n) is 5.37. The van der Waals surface area contributed by atoms with E-state index in [0.29, 0.717) is 40.6 Å². The molecule has 0 saturated carbocycles. The van der Waals surface area contributed by atoms with Gasteiger partial charge in [-0.25, -0.2) is 9.78 Å². The van der Waals surface area contributed by atoms with Gasteiger partial charge in [0.25, 0.3) is 5.91 Å². The van der Waals surface area contributed by atoms with E-state index in [2.05, 4.69) is 15.3 Å². The van der Waals surface area contributed by atoms with Gasteiger partial charge in [0.05, 0.1) is 36.5 Å². The van der Waals surface area contributed by atoms with Gasteiger partial charge in [0.1, 0.15) is 17.3 Å². The summed E-state index contributed by atoms with van der Waals surface area (Å²) in [6, 6.07) is 19.6. The van der Waals surface area contributed by atoms with Crippen LogP contribution in [0.5, 0.6) is 11.5 Å². The molecule has 4 rings (SSSR count). The maximum atomic E-state index is 13.1. The van der Waals surface area contributed by atoms with Crippen LogP contribution in [-0.4, -0.2) is 42.2 Å². The van der Waals surface area contributed by atoms with E-state index in [-0.39, 0.29) is 0 Å². The predicted molar refractivity (Wildman–Crippen MR) is 129 cm³/mol. The average molecular weight is 460 g/mol. The number of H-pyrrole nitrogens is 1. The van der Waals surface area contributed by atoms with Gasteiger partial charge in [-0.1, -0.05) is 37.3 Å². The molecular formula is C26H25N3O5. The second-order valence-electron chi connectivity index (χ2n) is 7.51. The van der Waals surface area contributed by atoms with Gasteiger partial charge in [0, 0.05) is 11.6 Å². The zero-order valence-corrected chi connectivity index (χ0v) is 19.1. The van der Waals surface area contributed by atoms with E-state index in [1.54, 1.807) is 50.4 Å². The number of para-hydroxylation sites is 2. The largest absolute Gasteiger partial charge is 0.497 e. The van der Waals surface area contributed by atoms with Crippen molar-refractivity contribution in [3.8, 4) is 22.9 Å². The number of nitrogens with zero attached hydrogens (tertiary/aromatic N) is 1. The van der Waals surface area contributed by atoms with Crippen LogP contribution in [0.15, 0.2) is 66.7 Å². The topological polar surface area (TPSA) is 103 Å². The van der Waals surface area contributed by atoms with Crippen LogP contribution >= 0.6 is 0 Å². The number of aromatic amines is 1. The number of carbonyl (C=O) groups excluding carboxylic acids is 2. The number of anilines is 1. The molecule has 8 nitrogen and oxygen atoms in total. The number of carbonyl (C=O) groups is 2. The Labute approximate surface area is 196 Å². The van der Waals surface area contributed by atoms with Gasteiger partial charge in [-0.15, -0.1) is 0 Å². The van der Waals surface area contributed by atoms with Crippen LogP contribution in [-0.2, 0) is 9.53 Å². The molecule has 0 saturated heterocycles. The Morgan fingerprint density at radius 2 is 1.76 bits per heavy atom. The number of rotatable bonds is 8. The number of imidazole rings is 1. The van der Waals surface area contributed by atoms with Crippen LogP contribution in [0.2, 0.25) is 0 Å². The zero-order chi connectivity index (χ0) is 24.1. The third kappa shape index (κ3) is 4.71. The summed E-state index contributed by atoms with van der Waals surface area (Å²) in [7, 11) is 3.04. The van der Waals surface area contributed by atoms with Gasteiger partial charge in [0.15, 0.2) is 6.10 Å². The van der Waals surface area contributed by atoms with Gasteiger partial charge >= 0.3 is 5.97 Å². The zero-order valence-electron chi connectivity index (χ0n) is 19.1. The molecule has 1 unspecified atom stereocenters. The van der Waals surface area contributed by atoms with Crippen molar-refractivity contribution in [3.63, 3.8) is 0 Å². The molecule has 1 atom stereocenters. The molecular weight excluding hydrogens is 434 g/mol. The molecule has 0 bridgehead atoms. The van der Waals surface area contributed by atoms with Crippen LogP contribution in [0.3, 0.4) is 0 Å². The second-order valence-corrected chi connectivity index (χ2v) is 7.51. The lowest BCUT2D eigenvalue weighted by Crippen LogP contribution is -2.32. The number of esters is 1. The lowest BCUT2D eigenvalue weighted by atomic mass is 10.1. The smallest absolute Gasteiger partial charge is 0.339 e. The highest BCUT2D eigenvalue weighted by atomic mass is 16.5. The highest BCUT2D eigenvalue weighted by molar-refractivity contribution is 6.01. The quantitative estimate of drug-likeness (QED) is 0.366. The fourth-order valence-corrected chi connectivity index (χ4v) is 3.58. The fourth-order valence-electron chi connectivity index (χ4n) is 3.58. The first kappa shape index (κ1) is 22.8. The van der Waals surface area contributed by atoms with E-state index in [1.807, 2.05) is 30.3 Å². The number of hydrogen-bond donors (Lipinski definition) is 2. The van der Waals surface area contributed by atoms with Gasteiger partial charge in [-0.3, -0.25) is 4.79 Å². The number of amides is 1. The molecule has 0 aliphatic heterocycles. The fraction of sp³-hybridized carbons (Fsp3) is 0.192. The van der Waals surface area contributed by atoms with E-state index >= 15 is 0 Å². The number of methoxy groups -OCH3 is 2. The maximum Gasteiger partial charge on any atom is 0.339 e. The van der Waals surface area contributed by atoms with Crippen molar-refractivity contribution in [2.45, 2.75) is 19.4 Å². The van der Waals surface area contributed by atoms with Crippen LogP contribution in [0.25, 0.3) is 22.4 Å². The summed E-state index contributed by atoms with van der Waals surface area (Å²) in [5.41, 5.74) is 3.01. The highest BCUT2D eigenvalue weighted by Gasteiger charge is 2.25. The average Bonchev–Trinajstić information content (AvgIpc) is 3.31. The van der Waals surface area contributed by atoms with Gasteiger partial charge in [0.2, 0.25) is 0 Å². The Kier molecular flexibility index (Phi) is 6.77. The number of hydrogen-bond acceptors (Lipinski definition) is 6. The normalized spacial score (nSPS) is 11.6. The Hall–Kier alpha value is -4.33. The molecule has 0 aliphatic carbocycles. The SMILES string of the molecule is CCC(OC(=O)c1ccccc1-c1nc2ccccc2[nH]1)C(=O)Nc1ccc(OC)cc1OC. The molecule has 1 aromatic heterocycles. The van der Waals surface area contributed by atoms with E-state index < -0.39 is 18.0 Å². The van der Waals surface area contributed by atoms with Crippen LogP contribution in [0.4, 0.5) is 5.69 Å². The second kappa shape index (κ2) is 10.1. The summed E-state index contributed by atoms with van der Waals surface area (Å²) in [4.78, 5) is 33.8. The first-order valence-corrected chi connectivity index (χ1v) is 10.8. The number of nitrogens with one attached hydrogen (secondary N) is 2. The lowest BCUT2D eigenvalue weighted by Gasteiger charge is -2.18.